The van der Waals surface area contributed by atoms with Crippen molar-refractivity contribution in [1.29, 1.82) is 0 Å². The molecule has 2 heterocycles. The molecular formula is C60H87N11O11S. The number of benzene rings is 2. The first-order chi connectivity index (χ1) is 39.6. The molecule has 8 rings (SSSR count). The topological polar surface area (TPSA) is 294 Å². The Morgan fingerprint density at radius 1 is 0.855 bits per heavy atom. The number of nitrogens with zero attached hydrogens (tertiary/aromatic N) is 6. The fourth-order valence-corrected chi connectivity index (χ4v) is 14.2. The number of aliphatic carboxylic acids is 1. The van der Waals surface area contributed by atoms with Crippen molar-refractivity contribution in [2.75, 3.05) is 94.0 Å². The van der Waals surface area contributed by atoms with Gasteiger partial charge in [0.1, 0.15) is 17.0 Å². The lowest BCUT2D eigenvalue weighted by molar-refractivity contribution is -0.163. The Morgan fingerprint density at radius 2 is 1.49 bits per heavy atom. The van der Waals surface area contributed by atoms with Gasteiger partial charge in [0.2, 0.25) is 23.6 Å². The number of Topliss-reactive ketones (excluding diaryl/α,β-unsaturated/α-hetero) is 1. The molecule has 6 amide bonds. The molecule has 4 bridgehead atoms. The third-order valence-corrected chi connectivity index (χ3v) is 18.8. The van der Waals surface area contributed by atoms with Gasteiger partial charge in [0.05, 0.1) is 55.0 Å². The van der Waals surface area contributed by atoms with Gasteiger partial charge in [-0.1, -0.05) is 26.3 Å². The average Bonchev–Trinajstić information content (AvgIpc) is 4.19. The van der Waals surface area contributed by atoms with Gasteiger partial charge in [-0.25, -0.2) is 9.48 Å². The first-order valence-corrected chi connectivity index (χ1v) is 30.3. The van der Waals surface area contributed by atoms with E-state index in [0.717, 1.165) is 67.2 Å². The molecule has 8 N–H and O–H groups in total. The highest BCUT2D eigenvalue weighted by Crippen LogP contribution is 2.58. The molecule has 23 heteroatoms. The van der Waals surface area contributed by atoms with Crippen LogP contribution in [0.15, 0.2) is 42.5 Å². The van der Waals surface area contributed by atoms with Gasteiger partial charge >= 0.3 is 5.97 Å². The number of nitrogens with one attached hydrogen (secondary N) is 3. The van der Waals surface area contributed by atoms with Crippen molar-refractivity contribution in [3.05, 3.63) is 59.3 Å². The maximum atomic E-state index is 14.5. The predicted molar refractivity (Wildman–Crippen MR) is 316 cm³/mol. The van der Waals surface area contributed by atoms with Gasteiger partial charge in [0, 0.05) is 57.9 Å². The number of rotatable bonds is 33. The Morgan fingerprint density at radius 3 is 2.07 bits per heavy atom. The van der Waals surface area contributed by atoms with Crippen LogP contribution in [0, 0.1) is 23.7 Å². The zero-order valence-corrected chi connectivity index (χ0v) is 50.4. The van der Waals surface area contributed by atoms with Crippen molar-refractivity contribution in [3.8, 4) is 28.4 Å². The molecule has 5 aliphatic rings. The minimum atomic E-state index is -1.38. The number of hydrogen-bond donors (Lipinski definition) is 6. The standard InChI is InChI=1S/C60H87N11O11S/c1-36(2)42-31-39(17-18-46(42)71-47(54-49(81-7)15-11-16-50(54)82-8)32-44(66-71)56(76)65-60(59(79)80)40-27-37-26-38(29-40)30-41(60)28-37)57(77)69(6)24-13-22-67(4)21-12-23-68(5)52(73)19-25-70-53(74)33-51(58(70)78)83-35-45(55(62)75)64-34-48(72)43(63-3)14-9-10-20-61/h11,15-18,31-32,36-38,40-41,43,45,51,63-64H,9-10,12-14,19-30,33-35,61H2,1-8H3,(H2,62,75)(H,65,76)(H,79,80). The lowest BCUT2D eigenvalue weighted by atomic mass is 9.48. The highest BCUT2D eigenvalue weighted by atomic mass is 32.2. The molecule has 0 radical (unpaired) electrons. The first kappa shape index (κ1) is 64.2. The molecule has 3 unspecified atom stereocenters. The van der Waals surface area contributed by atoms with Gasteiger partial charge in [-0.2, -0.15) is 5.10 Å². The number of carboxylic acid groups (broad SMARTS) is 1. The molecule has 22 nitrogen and oxygen atoms in total. The molecule has 4 saturated carbocycles. The van der Waals surface area contributed by atoms with Gasteiger partial charge in [0.25, 0.3) is 11.8 Å². The molecule has 0 spiro atoms. The summed E-state index contributed by atoms with van der Waals surface area (Å²) in [5, 5.41) is 24.0. The molecule has 5 fully saturated rings. The van der Waals surface area contributed by atoms with Gasteiger partial charge in [0.15, 0.2) is 11.5 Å². The molecule has 454 valence electrons. The first-order valence-electron chi connectivity index (χ1n) is 29.2. The number of primary amides is 1. The van der Waals surface area contributed by atoms with Gasteiger partial charge < -0.3 is 51.4 Å². The molecule has 1 saturated heterocycles. The Labute approximate surface area is 491 Å². The minimum absolute atomic E-state index is 0.0333. The Balaban J connectivity index is 0.899. The summed E-state index contributed by atoms with van der Waals surface area (Å²) in [6.45, 7) is 6.72. The van der Waals surface area contributed by atoms with Crippen LogP contribution in [0.2, 0.25) is 0 Å². The van der Waals surface area contributed by atoms with Crippen LogP contribution < -0.4 is 36.9 Å². The van der Waals surface area contributed by atoms with Crippen LogP contribution in [0.3, 0.4) is 0 Å². The van der Waals surface area contributed by atoms with Crippen molar-refractivity contribution in [3.63, 3.8) is 0 Å². The second kappa shape index (κ2) is 28.9. The van der Waals surface area contributed by atoms with E-state index >= 15 is 0 Å². The molecule has 83 heavy (non-hydrogen) atoms. The Bertz CT molecular complexity index is 2790. The highest BCUT2D eigenvalue weighted by molar-refractivity contribution is 8.00. The molecule has 3 aromatic rings. The summed E-state index contributed by atoms with van der Waals surface area (Å²) < 4.78 is 13.3. The second-order valence-electron chi connectivity index (χ2n) is 23.4. The van der Waals surface area contributed by atoms with Gasteiger partial charge in [-0.05, 0) is 163 Å². The molecule has 3 atom stereocenters. The number of amides is 6. The van der Waals surface area contributed by atoms with Crippen LogP contribution in [-0.2, 0) is 28.8 Å². The predicted octanol–water partition coefficient (Wildman–Crippen LogP) is 3.91. The minimum Gasteiger partial charge on any atom is -0.496 e. The van der Waals surface area contributed by atoms with Crippen molar-refractivity contribution in [2.45, 2.75) is 120 Å². The average molecular weight is 1170 g/mol. The van der Waals surface area contributed by atoms with E-state index in [9.17, 15) is 43.5 Å². The number of carbonyl (C=O) groups is 8. The number of likely N-dealkylation sites (tertiary alicyclic amines) is 1. The lowest BCUT2D eigenvalue weighted by Gasteiger charge is -2.59. The quantitative estimate of drug-likeness (QED) is 0.0372. The number of unbranched alkanes of at least 4 members (excludes halogenated alkanes) is 1. The number of imide groups is 1. The van der Waals surface area contributed by atoms with Crippen LogP contribution in [0.4, 0.5) is 0 Å². The molecule has 4 aliphatic carbocycles. The number of hydrogen-bond acceptors (Lipinski definition) is 16. The van der Waals surface area contributed by atoms with E-state index in [1.165, 1.54) is 0 Å². The number of carbonyl (C=O) groups excluding carboxylic acids is 7. The number of ketones is 1. The van der Waals surface area contributed by atoms with E-state index in [1.807, 2.05) is 33.0 Å². The highest BCUT2D eigenvalue weighted by Gasteiger charge is 2.62. The second-order valence-corrected chi connectivity index (χ2v) is 24.6. The summed E-state index contributed by atoms with van der Waals surface area (Å²) in [5.74, 6) is -1.94. The lowest BCUT2D eigenvalue weighted by Crippen LogP contribution is -2.70. The smallest absolute Gasteiger partial charge is 0.330 e. The van der Waals surface area contributed by atoms with E-state index in [-0.39, 0.29) is 72.7 Å². The molecule has 1 aliphatic heterocycles. The van der Waals surface area contributed by atoms with E-state index in [2.05, 4.69) is 20.9 Å². The zero-order valence-electron chi connectivity index (χ0n) is 49.6. The van der Waals surface area contributed by atoms with Crippen LogP contribution in [0.25, 0.3) is 16.9 Å². The van der Waals surface area contributed by atoms with Crippen LogP contribution in [0.5, 0.6) is 11.5 Å². The van der Waals surface area contributed by atoms with Crippen molar-refractivity contribution >= 4 is 59.0 Å². The SMILES string of the molecule is CNC(CCCCN)C(=O)CNC(CSC1CC(=O)N(CCC(=O)N(C)CCCN(C)CCCN(C)C(=O)c2ccc(-n3nc(C(=O)NC4(C(=O)O)C5CC6CC(C5)CC4C6)cc3-c3c(OC)cccc3OC)c(C(C)C)c2)C1=O)C(N)=O. The van der Waals surface area contributed by atoms with Crippen LogP contribution in [0.1, 0.15) is 123 Å². The number of thioether (sulfide) groups is 1. The summed E-state index contributed by atoms with van der Waals surface area (Å²) in [4.78, 5) is 113. The van der Waals surface area contributed by atoms with E-state index in [0.29, 0.717) is 97.8 Å². The summed E-state index contributed by atoms with van der Waals surface area (Å²) in [6, 6.07) is 11.2. The van der Waals surface area contributed by atoms with E-state index in [1.54, 1.807) is 80.2 Å². The monoisotopic (exact) mass is 1170 g/mol. The number of ether oxygens (including phenoxy) is 2. The number of methoxy groups -OCH3 is 2. The third-order valence-electron chi connectivity index (χ3n) is 17.5. The van der Waals surface area contributed by atoms with E-state index < -0.39 is 52.5 Å². The maximum Gasteiger partial charge on any atom is 0.330 e. The normalized spacial score (nSPS) is 21.6. The zero-order chi connectivity index (χ0) is 60.3. The molecule has 2 aromatic carbocycles. The summed E-state index contributed by atoms with van der Waals surface area (Å²) in [5.41, 5.74) is 12.8. The van der Waals surface area contributed by atoms with Crippen molar-refractivity contribution in [2.24, 2.45) is 35.1 Å². The number of aromatic nitrogens is 2. The van der Waals surface area contributed by atoms with E-state index in [4.69, 9.17) is 26.0 Å². The summed E-state index contributed by atoms with van der Waals surface area (Å²) in [6.07, 6.45) is 7.70. The summed E-state index contributed by atoms with van der Waals surface area (Å²) >= 11 is 1.13. The third kappa shape index (κ3) is 14.9. The largest absolute Gasteiger partial charge is 0.496 e. The number of carboxylic acids is 1. The fourth-order valence-electron chi connectivity index (χ4n) is 13.0. The molecular weight excluding hydrogens is 1080 g/mol. The Hall–Kier alpha value is -6.40. The number of likely N-dealkylation sites (N-methyl/N-ethyl adjacent to an activating group) is 1. The Kier molecular flexibility index (Phi) is 22.4. The van der Waals surface area contributed by atoms with Gasteiger partial charge in [-0.3, -0.25) is 43.8 Å². The van der Waals surface area contributed by atoms with Crippen LogP contribution in [-0.4, -0.2) is 199 Å². The van der Waals surface area contributed by atoms with Crippen molar-refractivity contribution in [1.82, 2.24) is 45.3 Å². The summed E-state index contributed by atoms with van der Waals surface area (Å²) in [7, 11) is 10.2. The number of nitrogens with two attached hydrogens (primary N) is 2. The van der Waals surface area contributed by atoms with Gasteiger partial charge in [-0.15, -0.1) is 11.8 Å². The molecule has 1 aromatic heterocycles. The maximum absolute atomic E-state index is 14.5. The van der Waals surface area contributed by atoms with Crippen molar-refractivity contribution < 1.29 is 52.9 Å². The fraction of sp³-hybridized carbons (Fsp3) is 0.617. The van der Waals surface area contributed by atoms with Crippen LogP contribution >= 0.6 is 11.8 Å².